The molecular formula is C21H24N6O. The van der Waals surface area contributed by atoms with E-state index >= 15 is 0 Å². The van der Waals surface area contributed by atoms with Gasteiger partial charge in [-0.15, -0.1) is 0 Å². The Morgan fingerprint density at radius 2 is 1.93 bits per heavy atom. The van der Waals surface area contributed by atoms with E-state index in [-0.39, 0.29) is 6.10 Å². The maximum absolute atomic E-state index is 6.41. The van der Waals surface area contributed by atoms with Gasteiger partial charge in [0.05, 0.1) is 5.52 Å². The molecule has 28 heavy (non-hydrogen) atoms. The molecule has 7 heteroatoms. The van der Waals surface area contributed by atoms with Gasteiger partial charge >= 0.3 is 0 Å². The quantitative estimate of drug-likeness (QED) is 0.549. The van der Waals surface area contributed by atoms with Crippen LogP contribution in [0.2, 0.25) is 0 Å². The largest absolute Gasteiger partial charge is 0.490 e. The zero-order valence-electron chi connectivity index (χ0n) is 16.5. The first kappa shape index (κ1) is 17.0. The predicted octanol–water partition coefficient (Wildman–Crippen LogP) is 3.28. The first-order valence-electron chi connectivity index (χ1n) is 9.74. The number of fused-ring (bicyclic) bond motifs is 2. The Hall–Kier alpha value is -3.09. The normalized spacial score (nSPS) is 15.6. The zero-order valence-corrected chi connectivity index (χ0v) is 16.5. The molecule has 0 bridgehead atoms. The van der Waals surface area contributed by atoms with E-state index in [9.17, 15) is 0 Å². The average Bonchev–Trinajstić information content (AvgIpc) is 3.31. The van der Waals surface area contributed by atoms with Crippen molar-refractivity contribution in [3.63, 3.8) is 0 Å². The summed E-state index contributed by atoms with van der Waals surface area (Å²) in [6, 6.07) is 8.40. The summed E-state index contributed by atoms with van der Waals surface area (Å²) in [6.07, 6.45) is 5.82. The van der Waals surface area contributed by atoms with Crippen LogP contribution in [0.15, 0.2) is 36.8 Å². The molecule has 1 aliphatic heterocycles. The number of hydrogen-bond acceptors (Lipinski definition) is 5. The summed E-state index contributed by atoms with van der Waals surface area (Å²) in [5.41, 5.74) is 3.36. The number of anilines is 1. The molecule has 0 N–H and O–H groups in total. The van der Waals surface area contributed by atoms with E-state index in [1.54, 1.807) is 6.33 Å². The number of nitrogens with zero attached hydrogens (tertiary/aromatic N) is 6. The second kappa shape index (κ2) is 6.51. The fourth-order valence-corrected chi connectivity index (χ4v) is 4.13. The van der Waals surface area contributed by atoms with Crippen molar-refractivity contribution < 1.29 is 4.74 Å². The summed E-state index contributed by atoms with van der Waals surface area (Å²) in [5.74, 6) is 2.74. The van der Waals surface area contributed by atoms with Crippen molar-refractivity contribution >= 4 is 22.5 Å². The molecule has 5 rings (SSSR count). The molecule has 0 radical (unpaired) electrons. The molecular weight excluding hydrogens is 352 g/mol. The van der Waals surface area contributed by atoms with E-state index < -0.39 is 0 Å². The van der Waals surface area contributed by atoms with Gasteiger partial charge in [-0.3, -0.25) is 0 Å². The third kappa shape index (κ3) is 2.69. The second-order valence-electron chi connectivity index (χ2n) is 7.54. The van der Waals surface area contributed by atoms with Gasteiger partial charge in [-0.25, -0.2) is 4.98 Å². The van der Waals surface area contributed by atoms with Crippen molar-refractivity contribution in [1.82, 2.24) is 24.1 Å². The van der Waals surface area contributed by atoms with Gasteiger partial charge in [0.25, 0.3) is 5.78 Å². The molecule has 0 amide bonds. The minimum atomic E-state index is 0.219. The predicted molar refractivity (Wildman–Crippen MR) is 109 cm³/mol. The van der Waals surface area contributed by atoms with Gasteiger partial charge in [0.1, 0.15) is 24.0 Å². The molecule has 0 saturated carbocycles. The number of hydrogen-bond donors (Lipinski definition) is 0. The van der Waals surface area contributed by atoms with Crippen LogP contribution in [-0.2, 0) is 7.05 Å². The lowest BCUT2D eigenvalue weighted by atomic mass is 10.1. The summed E-state index contributed by atoms with van der Waals surface area (Å²) >= 11 is 0. The van der Waals surface area contributed by atoms with Gasteiger partial charge < -0.3 is 14.2 Å². The number of aryl methyl sites for hydroxylation is 2. The Balaban J connectivity index is 1.36. The van der Waals surface area contributed by atoms with Crippen molar-refractivity contribution in [3.8, 4) is 5.75 Å². The topological polar surface area (TPSA) is 60.5 Å². The summed E-state index contributed by atoms with van der Waals surface area (Å²) in [7, 11) is 2.06. The van der Waals surface area contributed by atoms with Crippen LogP contribution in [0.25, 0.3) is 16.7 Å². The highest BCUT2D eigenvalue weighted by atomic mass is 16.5. The Kier molecular flexibility index (Phi) is 3.96. The Morgan fingerprint density at radius 1 is 1.11 bits per heavy atom. The van der Waals surface area contributed by atoms with Crippen LogP contribution in [0.1, 0.15) is 24.1 Å². The first-order valence-corrected chi connectivity index (χ1v) is 9.74. The maximum Gasteiger partial charge on any atom is 0.254 e. The average molecular weight is 376 g/mol. The molecule has 1 aliphatic rings. The number of rotatable bonds is 3. The monoisotopic (exact) mass is 376 g/mol. The van der Waals surface area contributed by atoms with Gasteiger partial charge in [-0.2, -0.15) is 14.6 Å². The van der Waals surface area contributed by atoms with E-state index in [0.29, 0.717) is 5.78 Å². The van der Waals surface area contributed by atoms with Gasteiger partial charge in [-0.05, 0) is 32.0 Å². The van der Waals surface area contributed by atoms with E-state index in [4.69, 9.17) is 4.74 Å². The van der Waals surface area contributed by atoms with Gasteiger partial charge in [-0.1, -0.05) is 6.07 Å². The Morgan fingerprint density at radius 3 is 2.75 bits per heavy atom. The summed E-state index contributed by atoms with van der Waals surface area (Å²) in [6.45, 7) is 5.99. The van der Waals surface area contributed by atoms with E-state index in [2.05, 4.69) is 69.0 Å². The first-order chi connectivity index (χ1) is 13.6. The third-order valence-electron chi connectivity index (χ3n) is 5.80. The molecule has 1 saturated heterocycles. The van der Waals surface area contributed by atoms with Gasteiger partial charge in [0, 0.05) is 55.8 Å². The van der Waals surface area contributed by atoms with Gasteiger partial charge in [0.2, 0.25) is 0 Å². The van der Waals surface area contributed by atoms with Crippen LogP contribution in [0.4, 0.5) is 5.82 Å². The molecule has 144 valence electrons. The summed E-state index contributed by atoms with van der Waals surface area (Å²) < 4.78 is 10.4. The highest BCUT2D eigenvalue weighted by molar-refractivity contribution is 5.86. The van der Waals surface area contributed by atoms with Crippen LogP contribution in [-0.4, -0.2) is 43.3 Å². The van der Waals surface area contributed by atoms with E-state index in [1.165, 1.54) is 10.9 Å². The van der Waals surface area contributed by atoms with Crippen molar-refractivity contribution in [2.75, 3.05) is 18.0 Å². The number of aromatic nitrogens is 5. The SMILES string of the molecule is Cc1nc2ncnn2c(N2CCC(Oc3cccc4c3ccn4C)CC2)c1C. The van der Waals surface area contributed by atoms with Crippen LogP contribution in [0.3, 0.4) is 0 Å². The molecule has 4 heterocycles. The molecule has 7 nitrogen and oxygen atoms in total. The van der Waals surface area contributed by atoms with E-state index in [1.807, 2.05) is 11.4 Å². The van der Waals surface area contributed by atoms with Crippen LogP contribution in [0, 0.1) is 13.8 Å². The van der Waals surface area contributed by atoms with Crippen molar-refractivity contribution in [1.29, 1.82) is 0 Å². The van der Waals surface area contributed by atoms with Crippen molar-refractivity contribution in [3.05, 3.63) is 48.0 Å². The smallest absolute Gasteiger partial charge is 0.254 e. The maximum atomic E-state index is 6.41. The minimum Gasteiger partial charge on any atom is -0.490 e. The minimum absolute atomic E-state index is 0.219. The van der Waals surface area contributed by atoms with Crippen molar-refractivity contribution in [2.24, 2.45) is 7.05 Å². The summed E-state index contributed by atoms with van der Waals surface area (Å²) in [5, 5.41) is 5.56. The molecule has 4 aromatic rings. The lowest BCUT2D eigenvalue weighted by Crippen LogP contribution is -2.39. The molecule has 0 spiro atoms. The molecule has 0 atom stereocenters. The third-order valence-corrected chi connectivity index (χ3v) is 5.80. The standard InChI is InChI=1S/C21H24N6O/c1-14-15(2)24-21-22-13-23-27(21)20(14)26-11-7-16(8-12-26)28-19-6-4-5-18-17(19)9-10-25(18)3/h4-6,9-10,13,16H,7-8,11-12H2,1-3H3. The fraction of sp³-hybridized carbons (Fsp3) is 0.381. The van der Waals surface area contributed by atoms with Crippen molar-refractivity contribution in [2.45, 2.75) is 32.8 Å². The number of ether oxygens (including phenoxy) is 1. The lowest BCUT2D eigenvalue weighted by Gasteiger charge is -2.34. The van der Waals surface area contributed by atoms with E-state index in [0.717, 1.165) is 48.8 Å². The Labute approximate surface area is 163 Å². The Bertz CT molecular complexity index is 1150. The molecule has 0 unspecified atom stereocenters. The second-order valence-corrected chi connectivity index (χ2v) is 7.54. The van der Waals surface area contributed by atoms with Crippen LogP contribution >= 0.6 is 0 Å². The molecule has 1 aromatic carbocycles. The lowest BCUT2D eigenvalue weighted by molar-refractivity contribution is 0.173. The fourth-order valence-electron chi connectivity index (χ4n) is 4.13. The number of piperidine rings is 1. The number of benzene rings is 1. The van der Waals surface area contributed by atoms with Crippen LogP contribution < -0.4 is 9.64 Å². The molecule has 3 aromatic heterocycles. The highest BCUT2D eigenvalue weighted by Gasteiger charge is 2.25. The molecule has 1 fully saturated rings. The molecule has 0 aliphatic carbocycles. The van der Waals surface area contributed by atoms with Crippen LogP contribution in [0.5, 0.6) is 5.75 Å². The van der Waals surface area contributed by atoms with Gasteiger partial charge in [0.15, 0.2) is 0 Å². The highest BCUT2D eigenvalue weighted by Crippen LogP contribution is 2.30. The summed E-state index contributed by atoms with van der Waals surface area (Å²) in [4.78, 5) is 11.2. The zero-order chi connectivity index (χ0) is 19.3.